The molecule has 9 heteroatoms. The number of fused-ring (bicyclic) bond motifs is 1. The summed E-state index contributed by atoms with van der Waals surface area (Å²) in [5.41, 5.74) is -0.472. The highest BCUT2D eigenvalue weighted by atomic mass is 19.4. The number of alkyl halides is 3. The van der Waals surface area contributed by atoms with Gasteiger partial charge in [-0.15, -0.1) is 0 Å². The first-order chi connectivity index (χ1) is 16.4. The number of hydrogen-bond donors (Lipinski definition) is 2. The minimum atomic E-state index is -4.46. The Balaban J connectivity index is 1.23. The van der Waals surface area contributed by atoms with Crippen LogP contribution >= 0.6 is 0 Å². The molecule has 1 aliphatic heterocycles. The number of nitrogens with zero attached hydrogens (tertiary/aromatic N) is 3. The summed E-state index contributed by atoms with van der Waals surface area (Å²) in [4.78, 5) is 23.1. The van der Waals surface area contributed by atoms with E-state index in [0.29, 0.717) is 29.8 Å². The fourth-order valence-corrected chi connectivity index (χ4v) is 5.48. The third-order valence-electron chi connectivity index (χ3n) is 7.51. The summed E-state index contributed by atoms with van der Waals surface area (Å²) in [6.45, 7) is 8.07. The summed E-state index contributed by atoms with van der Waals surface area (Å²) in [7, 11) is 0. The van der Waals surface area contributed by atoms with Crippen LogP contribution in [0.15, 0.2) is 24.5 Å². The lowest BCUT2D eigenvalue weighted by atomic mass is 9.73. The van der Waals surface area contributed by atoms with E-state index in [1.54, 1.807) is 0 Å². The molecule has 4 rings (SSSR count). The lowest BCUT2D eigenvalue weighted by molar-refractivity contribution is -0.137. The monoisotopic (exact) mass is 492 g/mol. The molecule has 1 saturated heterocycles. The zero-order valence-corrected chi connectivity index (χ0v) is 20.6. The second-order valence-electron chi connectivity index (χ2n) is 11.2. The molecule has 1 aromatic heterocycles. The lowest BCUT2D eigenvalue weighted by Crippen LogP contribution is -2.54. The van der Waals surface area contributed by atoms with Gasteiger partial charge in [0.15, 0.2) is 5.78 Å². The van der Waals surface area contributed by atoms with Crippen LogP contribution in [-0.4, -0.2) is 57.5 Å². The van der Waals surface area contributed by atoms with Crippen LogP contribution in [0.2, 0.25) is 0 Å². The topological polar surface area (TPSA) is 78.4 Å². The first-order valence-electron chi connectivity index (χ1n) is 12.4. The van der Waals surface area contributed by atoms with Crippen molar-refractivity contribution in [2.75, 3.05) is 25.0 Å². The van der Waals surface area contributed by atoms with Crippen LogP contribution in [0, 0.1) is 17.3 Å². The van der Waals surface area contributed by atoms with E-state index < -0.39 is 11.7 Å². The maximum absolute atomic E-state index is 13.1. The van der Waals surface area contributed by atoms with Crippen molar-refractivity contribution < 1.29 is 23.1 Å². The zero-order valence-electron chi connectivity index (χ0n) is 20.6. The predicted molar refractivity (Wildman–Crippen MR) is 129 cm³/mol. The van der Waals surface area contributed by atoms with Crippen molar-refractivity contribution in [2.24, 2.45) is 17.3 Å². The van der Waals surface area contributed by atoms with Crippen molar-refractivity contribution in [3.8, 4) is 0 Å². The Morgan fingerprint density at radius 1 is 1.14 bits per heavy atom. The number of benzene rings is 1. The number of ketones is 1. The number of aromatic nitrogens is 2. The number of anilines is 1. The highest BCUT2D eigenvalue weighted by Crippen LogP contribution is 2.38. The van der Waals surface area contributed by atoms with Crippen molar-refractivity contribution in [3.05, 3.63) is 30.1 Å². The van der Waals surface area contributed by atoms with Gasteiger partial charge in [0, 0.05) is 30.9 Å². The van der Waals surface area contributed by atoms with Crippen LogP contribution in [0.5, 0.6) is 0 Å². The van der Waals surface area contributed by atoms with E-state index >= 15 is 0 Å². The van der Waals surface area contributed by atoms with Crippen molar-refractivity contribution >= 4 is 22.5 Å². The molecule has 0 spiro atoms. The molecule has 1 aliphatic carbocycles. The lowest BCUT2D eigenvalue weighted by Gasteiger charge is -2.47. The van der Waals surface area contributed by atoms with E-state index in [2.05, 4.69) is 41.0 Å². The van der Waals surface area contributed by atoms with Crippen LogP contribution in [0.3, 0.4) is 0 Å². The van der Waals surface area contributed by atoms with Crippen LogP contribution in [0.1, 0.15) is 58.4 Å². The standard InChI is InChI=1S/C26H35F3N4O2/c1-25(2,3)23(35)17-4-7-19(8-5-17)33-13-16(14-33)10-20(34)12-30-24-21-11-18(26(27,28)29)6-9-22(21)31-15-32-24/h6,9,11,15-17,19,23,35H,4-5,7-8,10,12-14H2,1-3H3,(H,30,31,32). The molecule has 1 unspecified atom stereocenters. The number of carbonyl (C=O) groups is 1. The van der Waals surface area contributed by atoms with Gasteiger partial charge in [-0.05, 0) is 61.1 Å². The van der Waals surface area contributed by atoms with Crippen molar-refractivity contribution in [3.63, 3.8) is 0 Å². The Morgan fingerprint density at radius 2 is 1.83 bits per heavy atom. The SMILES string of the molecule is CC(C)(C)C(O)C1CCC(N2CC(CC(=O)CNc3ncnc4ccc(C(F)(F)F)cc34)C2)CC1. The predicted octanol–water partition coefficient (Wildman–Crippen LogP) is 4.92. The van der Waals surface area contributed by atoms with Gasteiger partial charge in [-0.1, -0.05) is 20.8 Å². The molecule has 192 valence electrons. The maximum atomic E-state index is 13.1. The third-order valence-corrected chi connectivity index (χ3v) is 7.51. The number of likely N-dealkylation sites (tertiary alicyclic amines) is 1. The highest BCUT2D eigenvalue weighted by molar-refractivity contribution is 5.91. The van der Waals surface area contributed by atoms with Gasteiger partial charge in [0.05, 0.1) is 23.7 Å². The number of nitrogens with one attached hydrogen (secondary N) is 1. The average Bonchev–Trinajstić information content (AvgIpc) is 2.78. The molecule has 1 saturated carbocycles. The quantitative estimate of drug-likeness (QED) is 0.572. The van der Waals surface area contributed by atoms with Crippen molar-refractivity contribution in [1.82, 2.24) is 14.9 Å². The Morgan fingerprint density at radius 3 is 2.46 bits per heavy atom. The fourth-order valence-electron chi connectivity index (χ4n) is 5.48. The van der Waals surface area contributed by atoms with Crippen LogP contribution < -0.4 is 5.32 Å². The van der Waals surface area contributed by atoms with E-state index in [0.717, 1.165) is 50.9 Å². The first-order valence-corrected chi connectivity index (χ1v) is 12.4. The van der Waals surface area contributed by atoms with E-state index in [1.165, 1.54) is 12.4 Å². The Labute approximate surface area is 204 Å². The Bertz CT molecular complexity index is 1040. The molecule has 2 fully saturated rings. The largest absolute Gasteiger partial charge is 0.416 e. The molecule has 0 amide bonds. The number of carbonyl (C=O) groups excluding carboxylic acids is 1. The molecule has 2 aliphatic rings. The number of hydrogen-bond acceptors (Lipinski definition) is 6. The summed E-state index contributed by atoms with van der Waals surface area (Å²) in [5.74, 6) is 0.923. The molecular weight excluding hydrogens is 457 g/mol. The number of Topliss-reactive ketones (excluding diaryl/α,β-unsaturated/α-hetero) is 1. The summed E-state index contributed by atoms with van der Waals surface area (Å²) < 4.78 is 39.3. The van der Waals surface area contributed by atoms with Gasteiger partial charge in [-0.2, -0.15) is 13.2 Å². The van der Waals surface area contributed by atoms with Gasteiger partial charge in [-0.25, -0.2) is 9.97 Å². The average molecular weight is 493 g/mol. The van der Waals surface area contributed by atoms with Crippen LogP contribution in [0.25, 0.3) is 10.9 Å². The van der Waals surface area contributed by atoms with Crippen LogP contribution in [0.4, 0.5) is 19.0 Å². The summed E-state index contributed by atoms with van der Waals surface area (Å²) in [6.07, 6.45) is 1.23. The van der Waals surface area contributed by atoms with E-state index in [-0.39, 0.29) is 35.1 Å². The van der Waals surface area contributed by atoms with Gasteiger partial charge < -0.3 is 10.4 Å². The molecular formula is C26H35F3N4O2. The summed E-state index contributed by atoms with van der Waals surface area (Å²) in [6, 6.07) is 3.85. The van der Waals surface area contributed by atoms with E-state index in [4.69, 9.17) is 0 Å². The molecule has 6 nitrogen and oxygen atoms in total. The van der Waals surface area contributed by atoms with Crippen LogP contribution in [-0.2, 0) is 11.0 Å². The molecule has 0 radical (unpaired) electrons. The Hall–Kier alpha value is -2.26. The smallest absolute Gasteiger partial charge is 0.392 e. The molecule has 1 atom stereocenters. The molecule has 2 heterocycles. The molecule has 2 aromatic rings. The summed E-state index contributed by atoms with van der Waals surface area (Å²) >= 11 is 0. The maximum Gasteiger partial charge on any atom is 0.416 e. The minimum Gasteiger partial charge on any atom is -0.392 e. The van der Waals surface area contributed by atoms with Crippen molar-refractivity contribution in [1.29, 1.82) is 0 Å². The second-order valence-corrected chi connectivity index (χ2v) is 11.2. The van der Waals surface area contributed by atoms with Gasteiger partial charge in [-0.3, -0.25) is 9.69 Å². The Kier molecular flexibility index (Phi) is 7.38. The van der Waals surface area contributed by atoms with Gasteiger partial charge >= 0.3 is 6.18 Å². The highest BCUT2D eigenvalue weighted by Gasteiger charge is 2.38. The molecule has 0 bridgehead atoms. The third kappa shape index (κ3) is 6.12. The molecule has 2 N–H and O–H groups in total. The summed E-state index contributed by atoms with van der Waals surface area (Å²) in [5, 5.41) is 13.7. The fraction of sp³-hybridized carbons (Fsp3) is 0.654. The number of aliphatic hydroxyl groups is 1. The van der Waals surface area contributed by atoms with Gasteiger partial charge in [0.1, 0.15) is 12.1 Å². The second kappa shape index (κ2) is 10.0. The number of rotatable bonds is 7. The first kappa shape index (κ1) is 25.8. The number of halogens is 3. The van der Waals surface area contributed by atoms with Gasteiger partial charge in [0.2, 0.25) is 0 Å². The van der Waals surface area contributed by atoms with E-state index in [1.807, 2.05) is 0 Å². The minimum absolute atomic E-state index is 0.0189. The molecule has 35 heavy (non-hydrogen) atoms. The molecule has 1 aromatic carbocycles. The van der Waals surface area contributed by atoms with E-state index in [9.17, 15) is 23.1 Å². The van der Waals surface area contributed by atoms with Crippen molar-refractivity contribution in [2.45, 2.75) is 71.2 Å². The normalized spacial score (nSPS) is 23.2. The van der Waals surface area contributed by atoms with Gasteiger partial charge in [0.25, 0.3) is 0 Å². The number of aliphatic hydroxyl groups excluding tert-OH is 1. The zero-order chi connectivity index (χ0) is 25.4.